The van der Waals surface area contributed by atoms with Crippen LogP contribution >= 0.6 is 23.2 Å². The summed E-state index contributed by atoms with van der Waals surface area (Å²) < 4.78 is 1.84. The summed E-state index contributed by atoms with van der Waals surface area (Å²) in [6, 6.07) is 4.35. The van der Waals surface area contributed by atoms with E-state index in [9.17, 15) is 9.59 Å². The number of amides is 2. The van der Waals surface area contributed by atoms with Crippen LogP contribution in [-0.4, -0.2) is 39.1 Å². The number of nitrogens with one attached hydrogen (secondary N) is 1. The van der Waals surface area contributed by atoms with E-state index in [2.05, 4.69) is 10.4 Å². The Bertz CT molecular complexity index is 933. The lowest BCUT2D eigenvalue weighted by molar-refractivity contribution is -0.121. The predicted molar refractivity (Wildman–Crippen MR) is 116 cm³/mol. The molecule has 2 heterocycles. The zero-order valence-corrected chi connectivity index (χ0v) is 18.6. The SMILES string of the molecule is Cc1c(C(=O)N2CCCCC2C(=O)Nc2ccc(Cl)cc2Cl)cnn1C(C)(C)C. The maximum Gasteiger partial charge on any atom is 0.258 e. The zero-order chi connectivity index (χ0) is 21.3. The van der Waals surface area contributed by atoms with Gasteiger partial charge in [-0.2, -0.15) is 5.10 Å². The summed E-state index contributed by atoms with van der Waals surface area (Å²) in [5.41, 5.74) is 1.58. The molecule has 6 nitrogen and oxygen atoms in total. The molecule has 29 heavy (non-hydrogen) atoms. The lowest BCUT2D eigenvalue weighted by Crippen LogP contribution is -2.50. The Kier molecular flexibility index (Phi) is 6.24. The van der Waals surface area contributed by atoms with Gasteiger partial charge in [0.15, 0.2) is 0 Å². The first-order chi connectivity index (χ1) is 13.6. The number of halogens is 2. The minimum atomic E-state index is -0.555. The van der Waals surface area contributed by atoms with Gasteiger partial charge in [0, 0.05) is 17.3 Å². The highest BCUT2D eigenvalue weighted by Crippen LogP contribution is 2.28. The first kappa shape index (κ1) is 21.7. The Hall–Kier alpha value is -2.05. The maximum absolute atomic E-state index is 13.3. The van der Waals surface area contributed by atoms with Crippen LogP contribution in [0.15, 0.2) is 24.4 Å². The molecule has 0 spiro atoms. The van der Waals surface area contributed by atoms with Gasteiger partial charge in [-0.05, 0) is 65.2 Å². The number of aromatic nitrogens is 2. The fourth-order valence-corrected chi connectivity index (χ4v) is 4.16. The molecular formula is C21H26Cl2N4O2. The van der Waals surface area contributed by atoms with E-state index in [4.69, 9.17) is 23.2 Å². The molecule has 0 aliphatic carbocycles. The van der Waals surface area contributed by atoms with Gasteiger partial charge >= 0.3 is 0 Å². The number of benzene rings is 1. The highest BCUT2D eigenvalue weighted by Gasteiger charge is 2.34. The van der Waals surface area contributed by atoms with Crippen molar-refractivity contribution >= 4 is 40.7 Å². The standard InChI is InChI=1S/C21H26Cl2N4O2/c1-13-15(12-24-27(13)21(2,3)4)20(29)26-10-6-5-7-18(26)19(28)25-17-9-8-14(22)11-16(17)23/h8-9,11-12,18H,5-7,10H2,1-4H3,(H,25,28). The molecule has 1 saturated heterocycles. The molecule has 1 aliphatic rings. The van der Waals surface area contributed by atoms with Crippen molar-refractivity contribution in [3.8, 4) is 0 Å². The lowest BCUT2D eigenvalue weighted by Gasteiger charge is -2.34. The summed E-state index contributed by atoms with van der Waals surface area (Å²) >= 11 is 12.1. The summed E-state index contributed by atoms with van der Waals surface area (Å²) in [6.07, 6.45) is 3.96. The van der Waals surface area contributed by atoms with E-state index in [1.807, 2.05) is 32.4 Å². The molecule has 1 aromatic carbocycles. The molecule has 1 fully saturated rings. The van der Waals surface area contributed by atoms with Crippen molar-refractivity contribution in [2.24, 2.45) is 0 Å². The van der Waals surface area contributed by atoms with Gasteiger partial charge in [0.1, 0.15) is 6.04 Å². The molecule has 8 heteroatoms. The van der Waals surface area contributed by atoms with Crippen LogP contribution in [-0.2, 0) is 10.3 Å². The Morgan fingerprint density at radius 1 is 1.21 bits per heavy atom. The second kappa shape index (κ2) is 8.36. The fraction of sp³-hybridized carbons (Fsp3) is 0.476. The monoisotopic (exact) mass is 436 g/mol. The zero-order valence-electron chi connectivity index (χ0n) is 17.1. The third-order valence-electron chi connectivity index (χ3n) is 5.13. The van der Waals surface area contributed by atoms with Crippen LogP contribution in [0.25, 0.3) is 0 Å². The average Bonchev–Trinajstić information content (AvgIpc) is 3.05. The lowest BCUT2D eigenvalue weighted by atomic mass is 9.99. The van der Waals surface area contributed by atoms with Crippen LogP contribution < -0.4 is 5.32 Å². The molecule has 1 atom stereocenters. The molecule has 0 radical (unpaired) electrons. The summed E-state index contributed by atoms with van der Waals surface area (Å²) in [5.74, 6) is -0.414. The van der Waals surface area contributed by atoms with Crippen molar-refractivity contribution in [1.82, 2.24) is 14.7 Å². The summed E-state index contributed by atoms with van der Waals surface area (Å²) in [6.45, 7) is 8.53. The van der Waals surface area contributed by atoms with Crippen molar-refractivity contribution < 1.29 is 9.59 Å². The van der Waals surface area contributed by atoms with Crippen molar-refractivity contribution in [3.63, 3.8) is 0 Å². The van der Waals surface area contributed by atoms with E-state index < -0.39 is 6.04 Å². The topological polar surface area (TPSA) is 67.2 Å². The third-order valence-corrected chi connectivity index (χ3v) is 5.68. The van der Waals surface area contributed by atoms with Gasteiger partial charge in [-0.3, -0.25) is 14.3 Å². The summed E-state index contributed by atoms with van der Waals surface area (Å²) in [4.78, 5) is 27.9. The number of piperidine rings is 1. The predicted octanol–water partition coefficient (Wildman–Crippen LogP) is 4.89. The van der Waals surface area contributed by atoms with Crippen LogP contribution in [0.1, 0.15) is 56.1 Å². The summed E-state index contributed by atoms with van der Waals surface area (Å²) in [7, 11) is 0. The minimum Gasteiger partial charge on any atom is -0.327 e. The normalized spacial score (nSPS) is 17.3. The maximum atomic E-state index is 13.3. The number of carbonyl (C=O) groups is 2. The Labute approximate surface area is 181 Å². The van der Waals surface area contributed by atoms with Gasteiger partial charge in [-0.1, -0.05) is 23.2 Å². The van der Waals surface area contributed by atoms with Crippen molar-refractivity contribution in [2.75, 3.05) is 11.9 Å². The molecule has 1 N–H and O–H groups in total. The van der Waals surface area contributed by atoms with E-state index in [1.54, 1.807) is 29.3 Å². The number of nitrogens with zero attached hydrogens (tertiary/aromatic N) is 3. The van der Waals surface area contributed by atoms with Gasteiger partial charge in [-0.25, -0.2) is 0 Å². The van der Waals surface area contributed by atoms with Gasteiger partial charge in [0.2, 0.25) is 5.91 Å². The molecule has 1 unspecified atom stereocenters. The van der Waals surface area contributed by atoms with Gasteiger partial charge in [-0.15, -0.1) is 0 Å². The number of anilines is 1. The van der Waals surface area contributed by atoms with Crippen molar-refractivity contribution in [1.29, 1.82) is 0 Å². The second-order valence-electron chi connectivity index (χ2n) is 8.35. The van der Waals surface area contributed by atoms with E-state index >= 15 is 0 Å². The highest BCUT2D eigenvalue weighted by molar-refractivity contribution is 6.36. The molecule has 1 aliphatic heterocycles. The van der Waals surface area contributed by atoms with Gasteiger partial charge in [0.25, 0.3) is 5.91 Å². The van der Waals surface area contributed by atoms with Crippen LogP contribution in [0, 0.1) is 6.92 Å². The highest BCUT2D eigenvalue weighted by atomic mass is 35.5. The van der Waals surface area contributed by atoms with Crippen molar-refractivity contribution in [3.05, 3.63) is 45.7 Å². The van der Waals surface area contributed by atoms with Gasteiger partial charge < -0.3 is 10.2 Å². The Morgan fingerprint density at radius 3 is 2.55 bits per heavy atom. The minimum absolute atomic E-state index is 0.167. The molecule has 1 aromatic heterocycles. The molecule has 3 rings (SSSR count). The Morgan fingerprint density at radius 2 is 1.93 bits per heavy atom. The van der Waals surface area contributed by atoms with Crippen LogP contribution in [0.4, 0.5) is 5.69 Å². The molecule has 0 bridgehead atoms. The van der Waals surface area contributed by atoms with Crippen LogP contribution in [0.2, 0.25) is 10.0 Å². The quantitative estimate of drug-likeness (QED) is 0.744. The van der Waals surface area contributed by atoms with Crippen LogP contribution in [0.3, 0.4) is 0 Å². The van der Waals surface area contributed by atoms with E-state index in [0.717, 1.165) is 18.5 Å². The molecular weight excluding hydrogens is 411 g/mol. The number of likely N-dealkylation sites (tertiary alicyclic amines) is 1. The molecule has 2 aromatic rings. The van der Waals surface area contributed by atoms with E-state index in [1.165, 1.54) is 0 Å². The first-order valence-corrected chi connectivity index (χ1v) is 10.5. The molecule has 0 saturated carbocycles. The van der Waals surface area contributed by atoms with E-state index in [-0.39, 0.29) is 17.4 Å². The van der Waals surface area contributed by atoms with E-state index in [0.29, 0.717) is 34.3 Å². The summed E-state index contributed by atoms with van der Waals surface area (Å²) in [5, 5.41) is 8.10. The third kappa shape index (κ3) is 4.59. The van der Waals surface area contributed by atoms with Gasteiger partial charge in [0.05, 0.1) is 28.0 Å². The average molecular weight is 437 g/mol. The largest absolute Gasteiger partial charge is 0.327 e. The first-order valence-electron chi connectivity index (χ1n) is 9.71. The number of carbonyl (C=O) groups excluding carboxylic acids is 2. The number of rotatable bonds is 3. The molecule has 156 valence electrons. The van der Waals surface area contributed by atoms with Crippen molar-refractivity contribution in [2.45, 2.75) is 58.5 Å². The molecule has 2 amide bonds. The van der Waals surface area contributed by atoms with Crippen LogP contribution in [0.5, 0.6) is 0 Å². The number of hydrogen-bond acceptors (Lipinski definition) is 3. The number of hydrogen-bond donors (Lipinski definition) is 1. The second-order valence-corrected chi connectivity index (χ2v) is 9.19. The Balaban J connectivity index is 1.83. The fourth-order valence-electron chi connectivity index (χ4n) is 3.70. The smallest absolute Gasteiger partial charge is 0.258 e.